The Kier molecular flexibility index (Phi) is 3.19. The van der Waals surface area contributed by atoms with E-state index >= 15 is 0 Å². The molecule has 1 aromatic carbocycles. The van der Waals surface area contributed by atoms with Crippen molar-refractivity contribution in [2.75, 3.05) is 24.7 Å². The lowest BCUT2D eigenvalue weighted by Crippen LogP contribution is -2.47. The molecular weight excluding hydrogens is 228 g/mol. The van der Waals surface area contributed by atoms with Crippen LogP contribution in [-0.4, -0.2) is 31.8 Å². The lowest BCUT2D eigenvalue weighted by Gasteiger charge is -2.30. The van der Waals surface area contributed by atoms with Gasteiger partial charge in [-0.1, -0.05) is 18.2 Å². The van der Waals surface area contributed by atoms with Crippen LogP contribution in [0.5, 0.6) is 0 Å². The van der Waals surface area contributed by atoms with E-state index in [1.165, 1.54) is 5.56 Å². The van der Waals surface area contributed by atoms with Gasteiger partial charge < -0.3 is 10.1 Å². The number of urea groups is 1. The molecule has 0 aliphatic carbocycles. The summed E-state index contributed by atoms with van der Waals surface area (Å²) in [6.45, 7) is 2.19. The summed E-state index contributed by atoms with van der Waals surface area (Å²) in [5.74, 6) is 0. The molecule has 1 atom stereocenters. The second-order valence-electron chi connectivity index (χ2n) is 4.89. The molecule has 1 unspecified atom stereocenters. The summed E-state index contributed by atoms with van der Waals surface area (Å²) >= 11 is 0. The summed E-state index contributed by atoms with van der Waals surface area (Å²) in [6.07, 6.45) is 3.01. The zero-order valence-corrected chi connectivity index (χ0v) is 10.4. The third-order valence-corrected chi connectivity index (χ3v) is 3.61. The van der Waals surface area contributed by atoms with E-state index in [-0.39, 0.29) is 12.1 Å². The summed E-state index contributed by atoms with van der Waals surface area (Å²) in [5.41, 5.74) is 2.32. The van der Waals surface area contributed by atoms with Crippen LogP contribution >= 0.6 is 0 Å². The van der Waals surface area contributed by atoms with Gasteiger partial charge in [0.15, 0.2) is 0 Å². The first-order valence-electron chi connectivity index (χ1n) is 6.58. The molecule has 96 valence electrons. The van der Waals surface area contributed by atoms with Crippen molar-refractivity contribution in [2.24, 2.45) is 0 Å². The fourth-order valence-corrected chi connectivity index (χ4v) is 2.65. The standard InChI is InChI=1S/C14H18N2O2/c17-14(15-12-7-9-18-10-12)16-8-3-5-11-4-1-2-6-13(11)16/h1-2,4,6,12H,3,5,7-10H2,(H,15,17). The van der Waals surface area contributed by atoms with Crippen molar-refractivity contribution in [2.45, 2.75) is 25.3 Å². The first-order valence-corrected chi connectivity index (χ1v) is 6.58. The van der Waals surface area contributed by atoms with Crippen LogP contribution in [0.25, 0.3) is 0 Å². The monoisotopic (exact) mass is 246 g/mol. The molecule has 18 heavy (non-hydrogen) atoms. The Labute approximate surface area is 107 Å². The van der Waals surface area contributed by atoms with Crippen LogP contribution in [0.4, 0.5) is 10.5 Å². The number of para-hydroxylation sites is 1. The fraction of sp³-hybridized carbons (Fsp3) is 0.500. The quantitative estimate of drug-likeness (QED) is 0.822. The predicted molar refractivity (Wildman–Crippen MR) is 69.9 cm³/mol. The highest BCUT2D eigenvalue weighted by molar-refractivity contribution is 5.93. The Hall–Kier alpha value is -1.55. The van der Waals surface area contributed by atoms with E-state index in [1.54, 1.807) is 0 Å². The molecule has 1 fully saturated rings. The number of hydrogen-bond donors (Lipinski definition) is 1. The maximum Gasteiger partial charge on any atom is 0.322 e. The molecule has 0 radical (unpaired) electrons. The van der Waals surface area contributed by atoms with Crippen molar-refractivity contribution in [3.63, 3.8) is 0 Å². The minimum atomic E-state index is 0.0117. The molecule has 1 aromatic rings. The summed E-state index contributed by atoms with van der Waals surface area (Å²) in [7, 11) is 0. The average molecular weight is 246 g/mol. The maximum atomic E-state index is 12.3. The molecule has 0 spiro atoms. The Balaban J connectivity index is 1.74. The molecular formula is C14H18N2O2. The molecule has 0 bridgehead atoms. The van der Waals surface area contributed by atoms with Crippen molar-refractivity contribution in [1.29, 1.82) is 0 Å². The number of nitrogens with one attached hydrogen (secondary N) is 1. The van der Waals surface area contributed by atoms with E-state index in [4.69, 9.17) is 4.74 Å². The van der Waals surface area contributed by atoms with Gasteiger partial charge in [-0.05, 0) is 30.9 Å². The lowest BCUT2D eigenvalue weighted by molar-refractivity contribution is 0.189. The number of nitrogens with zero attached hydrogens (tertiary/aromatic N) is 1. The second kappa shape index (κ2) is 4.98. The van der Waals surface area contributed by atoms with Crippen LogP contribution in [0, 0.1) is 0 Å². The number of anilines is 1. The summed E-state index contributed by atoms with van der Waals surface area (Å²) < 4.78 is 5.28. The van der Waals surface area contributed by atoms with E-state index in [2.05, 4.69) is 11.4 Å². The molecule has 2 heterocycles. The van der Waals surface area contributed by atoms with Gasteiger partial charge in [0.05, 0.1) is 12.6 Å². The SMILES string of the molecule is O=C(NC1CCOC1)N1CCCc2ccccc21. The van der Waals surface area contributed by atoms with Gasteiger partial charge in [0, 0.05) is 18.8 Å². The summed E-state index contributed by atoms with van der Waals surface area (Å²) in [6, 6.07) is 8.34. The smallest absolute Gasteiger partial charge is 0.322 e. The number of ether oxygens (including phenoxy) is 1. The van der Waals surface area contributed by atoms with Crippen molar-refractivity contribution >= 4 is 11.7 Å². The number of carbonyl (C=O) groups excluding carboxylic acids is 1. The van der Waals surface area contributed by atoms with E-state index in [0.29, 0.717) is 6.61 Å². The Morgan fingerprint density at radius 2 is 2.28 bits per heavy atom. The number of fused-ring (bicyclic) bond motifs is 1. The van der Waals surface area contributed by atoms with E-state index in [1.807, 2.05) is 23.1 Å². The number of rotatable bonds is 1. The maximum absolute atomic E-state index is 12.3. The van der Waals surface area contributed by atoms with Gasteiger partial charge in [0.2, 0.25) is 0 Å². The number of carbonyl (C=O) groups is 1. The molecule has 3 rings (SSSR count). The number of amides is 2. The second-order valence-corrected chi connectivity index (χ2v) is 4.89. The van der Waals surface area contributed by atoms with Crippen LogP contribution in [-0.2, 0) is 11.2 Å². The minimum absolute atomic E-state index is 0.0117. The third kappa shape index (κ3) is 2.20. The number of benzene rings is 1. The minimum Gasteiger partial charge on any atom is -0.379 e. The third-order valence-electron chi connectivity index (χ3n) is 3.61. The highest BCUT2D eigenvalue weighted by Gasteiger charge is 2.25. The van der Waals surface area contributed by atoms with Crippen LogP contribution in [0.2, 0.25) is 0 Å². The molecule has 2 amide bonds. The zero-order valence-electron chi connectivity index (χ0n) is 10.4. The zero-order chi connectivity index (χ0) is 12.4. The van der Waals surface area contributed by atoms with Gasteiger partial charge in [-0.25, -0.2) is 4.79 Å². The molecule has 1 N–H and O–H groups in total. The van der Waals surface area contributed by atoms with Gasteiger partial charge in [-0.2, -0.15) is 0 Å². The van der Waals surface area contributed by atoms with Gasteiger partial charge in [0.1, 0.15) is 0 Å². The van der Waals surface area contributed by atoms with Crippen LogP contribution < -0.4 is 10.2 Å². The lowest BCUT2D eigenvalue weighted by atomic mass is 10.0. The van der Waals surface area contributed by atoms with E-state index < -0.39 is 0 Å². The van der Waals surface area contributed by atoms with Crippen molar-refractivity contribution in [3.8, 4) is 0 Å². The van der Waals surface area contributed by atoms with Crippen LogP contribution in [0.3, 0.4) is 0 Å². The molecule has 0 saturated carbocycles. The molecule has 0 aromatic heterocycles. The highest BCUT2D eigenvalue weighted by Crippen LogP contribution is 2.26. The van der Waals surface area contributed by atoms with Crippen molar-refractivity contribution < 1.29 is 9.53 Å². The van der Waals surface area contributed by atoms with E-state index in [9.17, 15) is 4.79 Å². The molecule has 2 aliphatic heterocycles. The highest BCUT2D eigenvalue weighted by atomic mass is 16.5. The topological polar surface area (TPSA) is 41.6 Å². The Morgan fingerprint density at radius 3 is 3.11 bits per heavy atom. The van der Waals surface area contributed by atoms with Gasteiger partial charge in [0.25, 0.3) is 0 Å². The van der Waals surface area contributed by atoms with E-state index in [0.717, 1.165) is 38.1 Å². The molecule has 2 aliphatic rings. The average Bonchev–Trinajstić information content (AvgIpc) is 2.91. The van der Waals surface area contributed by atoms with Crippen molar-refractivity contribution in [1.82, 2.24) is 5.32 Å². The molecule has 4 heteroatoms. The summed E-state index contributed by atoms with van der Waals surface area (Å²) in [4.78, 5) is 14.1. The molecule has 4 nitrogen and oxygen atoms in total. The van der Waals surface area contributed by atoms with Gasteiger partial charge in [-0.15, -0.1) is 0 Å². The van der Waals surface area contributed by atoms with Gasteiger partial charge >= 0.3 is 6.03 Å². The first kappa shape index (κ1) is 11.5. The number of hydrogen-bond acceptors (Lipinski definition) is 2. The van der Waals surface area contributed by atoms with Crippen LogP contribution in [0.15, 0.2) is 24.3 Å². The van der Waals surface area contributed by atoms with Crippen molar-refractivity contribution in [3.05, 3.63) is 29.8 Å². The largest absolute Gasteiger partial charge is 0.379 e. The van der Waals surface area contributed by atoms with Gasteiger partial charge in [-0.3, -0.25) is 4.90 Å². The Bertz CT molecular complexity index is 441. The predicted octanol–water partition coefficient (Wildman–Crippen LogP) is 1.94. The normalized spacial score (nSPS) is 22.7. The molecule has 1 saturated heterocycles. The Morgan fingerprint density at radius 1 is 1.39 bits per heavy atom. The fourth-order valence-electron chi connectivity index (χ4n) is 2.65. The summed E-state index contributed by atoms with van der Waals surface area (Å²) in [5, 5.41) is 3.05. The first-order chi connectivity index (χ1) is 8.84. The van der Waals surface area contributed by atoms with Crippen LogP contribution in [0.1, 0.15) is 18.4 Å². The number of aryl methyl sites for hydroxylation is 1.